The predicted molar refractivity (Wildman–Crippen MR) is 270 cm³/mol. The molecule has 0 N–H and O–H groups in total. The molecule has 0 amide bonds. The van der Waals surface area contributed by atoms with Gasteiger partial charge in [-0.25, -0.2) is 0 Å². The molecule has 0 aromatic heterocycles. The molecule has 0 unspecified atom stereocenters. The summed E-state index contributed by atoms with van der Waals surface area (Å²) < 4.78 is 16.7. The van der Waals surface area contributed by atoms with Gasteiger partial charge in [-0.3, -0.25) is 14.4 Å². The lowest BCUT2D eigenvalue weighted by molar-refractivity contribution is -0.166. The summed E-state index contributed by atoms with van der Waals surface area (Å²) in [4.78, 5) is 37.9. The summed E-state index contributed by atoms with van der Waals surface area (Å²) in [6, 6.07) is 0. The van der Waals surface area contributed by atoms with Crippen molar-refractivity contribution in [2.75, 3.05) is 13.2 Å². The number of allylic oxidation sites excluding steroid dienone is 16. The van der Waals surface area contributed by atoms with Crippen LogP contribution in [0.4, 0.5) is 0 Å². The minimum absolute atomic E-state index is 0.109. The highest BCUT2D eigenvalue weighted by atomic mass is 16.6. The third kappa shape index (κ3) is 49.2. The Morgan fingerprint density at radius 1 is 0.333 bits per heavy atom. The van der Waals surface area contributed by atoms with Crippen LogP contribution < -0.4 is 0 Å². The first-order chi connectivity index (χ1) is 31.0. The van der Waals surface area contributed by atoms with Crippen LogP contribution >= 0.6 is 0 Å². The number of carbonyl (C=O) groups is 3. The zero-order valence-corrected chi connectivity index (χ0v) is 40.8. The van der Waals surface area contributed by atoms with Gasteiger partial charge in [0.25, 0.3) is 0 Å². The molecule has 0 aliphatic rings. The van der Waals surface area contributed by atoms with Crippen molar-refractivity contribution in [3.63, 3.8) is 0 Å². The van der Waals surface area contributed by atoms with Gasteiger partial charge in [-0.2, -0.15) is 0 Å². The Morgan fingerprint density at radius 3 is 1.06 bits per heavy atom. The van der Waals surface area contributed by atoms with Gasteiger partial charge in [0.15, 0.2) is 6.10 Å². The number of hydrogen-bond donors (Lipinski definition) is 0. The van der Waals surface area contributed by atoms with Crippen LogP contribution in [0.5, 0.6) is 0 Å². The van der Waals surface area contributed by atoms with E-state index in [2.05, 4.69) is 106 Å². The smallest absolute Gasteiger partial charge is 0.306 e. The maximum atomic E-state index is 12.8. The summed E-state index contributed by atoms with van der Waals surface area (Å²) in [7, 11) is 0. The Labute approximate surface area is 387 Å². The van der Waals surface area contributed by atoms with Gasteiger partial charge in [0.1, 0.15) is 13.2 Å². The molecule has 0 saturated heterocycles. The molecular weight excluding hydrogens is 781 g/mol. The van der Waals surface area contributed by atoms with E-state index in [1.165, 1.54) is 77.0 Å². The molecule has 63 heavy (non-hydrogen) atoms. The van der Waals surface area contributed by atoms with E-state index < -0.39 is 6.10 Å². The van der Waals surface area contributed by atoms with Crippen molar-refractivity contribution in [2.24, 2.45) is 0 Å². The maximum Gasteiger partial charge on any atom is 0.306 e. The summed E-state index contributed by atoms with van der Waals surface area (Å²) in [5, 5.41) is 0. The van der Waals surface area contributed by atoms with Gasteiger partial charge in [0.05, 0.1) is 0 Å². The first kappa shape index (κ1) is 59.3. The Hall–Kier alpha value is -3.67. The number of hydrogen-bond acceptors (Lipinski definition) is 6. The van der Waals surface area contributed by atoms with Crippen molar-refractivity contribution in [1.29, 1.82) is 0 Å². The fraction of sp³-hybridized carbons (Fsp3) is 0.667. The SMILES string of the molecule is CC/C=C\C/C=C\C/C=C\C/C=C\C/C=C\C/C=C\CCC(=O)OC[C@@H](COC(=O)CCCCCCC/C=C\CCCCCC)OC(=O)CCCCCCC/C=C\CCCCCC. The van der Waals surface area contributed by atoms with Crippen molar-refractivity contribution in [1.82, 2.24) is 0 Å². The molecule has 0 saturated carbocycles. The fourth-order valence-electron chi connectivity index (χ4n) is 6.69. The number of carbonyl (C=O) groups excluding carboxylic acids is 3. The molecule has 0 aliphatic heterocycles. The first-order valence-corrected chi connectivity index (χ1v) is 25.7. The molecule has 0 heterocycles. The number of unbranched alkanes of at least 4 members (excludes halogenated alkanes) is 18. The first-order valence-electron chi connectivity index (χ1n) is 25.7. The molecule has 0 aliphatic carbocycles. The summed E-state index contributed by atoms with van der Waals surface area (Å²) in [5.74, 6) is -1.02. The van der Waals surface area contributed by atoms with Crippen LogP contribution in [0, 0.1) is 0 Å². The van der Waals surface area contributed by atoms with E-state index in [0.717, 1.165) is 103 Å². The second kappa shape index (κ2) is 51.0. The molecule has 0 aromatic rings. The third-order valence-corrected chi connectivity index (χ3v) is 10.6. The van der Waals surface area contributed by atoms with Crippen LogP contribution in [-0.4, -0.2) is 37.2 Å². The van der Waals surface area contributed by atoms with E-state index in [4.69, 9.17) is 14.2 Å². The number of ether oxygens (including phenoxy) is 3. The molecule has 0 spiro atoms. The molecule has 1 atom stereocenters. The number of rotatable bonds is 45. The monoisotopic (exact) mass is 875 g/mol. The van der Waals surface area contributed by atoms with E-state index in [9.17, 15) is 14.4 Å². The second-order valence-electron chi connectivity index (χ2n) is 16.7. The lowest BCUT2D eigenvalue weighted by Crippen LogP contribution is -2.30. The van der Waals surface area contributed by atoms with Crippen LogP contribution in [0.25, 0.3) is 0 Å². The highest BCUT2D eigenvalue weighted by Gasteiger charge is 2.19. The molecule has 0 fully saturated rings. The molecule has 0 aromatic carbocycles. The van der Waals surface area contributed by atoms with E-state index in [1.54, 1.807) is 0 Å². The molecule has 0 rings (SSSR count). The van der Waals surface area contributed by atoms with Crippen molar-refractivity contribution in [2.45, 2.75) is 232 Å². The molecular formula is C57H94O6. The lowest BCUT2D eigenvalue weighted by Gasteiger charge is -2.18. The fourth-order valence-corrected chi connectivity index (χ4v) is 6.69. The van der Waals surface area contributed by atoms with E-state index in [-0.39, 0.29) is 37.5 Å². The Morgan fingerprint density at radius 2 is 0.651 bits per heavy atom. The van der Waals surface area contributed by atoms with Gasteiger partial charge >= 0.3 is 17.9 Å². The lowest BCUT2D eigenvalue weighted by atomic mass is 10.1. The molecule has 358 valence electrons. The van der Waals surface area contributed by atoms with Crippen molar-refractivity contribution in [3.05, 3.63) is 97.2 Å². The zero-order valence-electron chi connectivity index (χ0n) is 40.8. The van der Waals surface area contributed by atoms with E-state index in [0.29, 0.717) is 19.3 Å². The molecule has 6 nitrogen and oxygen atoms in total. The van der Waals surface area contributed by atoms with Crippen molar-refractivity contribution < 1.29 is 28.6 Å². The van der Waals surface area contributed by atoms with Gasteiger partial charge in [-0.05, 0) is 109 Å². The summed E-state index contributed by atoms with van der Waals surface area (Å²) >= 11 is 0. The van der Waals surface area contributed by atoms with Crippen LogP contribution in [-0.2, 0) is 28.6 Å². The third-order valence-electron chi connectivity index (χ3n) is 10.6. The standard InChI is InChI=1S/C57H94O6/c1-4-7-10-13-16-19-22-25-26-27-28-29-30-33-35-38-41-44-47-50-56(59)62-53-54(63-57(60)51-48-45-42-39-36-32-24-21-18-15-12-9-6-3)52-61-55(58)49-46-43-40-37-34-31-23-20-17-14-11-8-5-2/h7,10,16,19-21,23-26,28-29,33,35,41,44,54H,4-6,8-9,11-15,17-18,22,27,30-32,34,36-40,42-43,45-53H2,1-3H3/b10-7-,19-16-,23-20-,24-21-,26-25-,29-28-,35-33-,44-41-/t54-/m1/s1. The summed E-state index contributed by atoms with van der Waals surface area (Å²) in [6.45, 7) is 6.40. The number of esters is 3. The van der Waals surface area contributed by atoms with Gasteiger partial charge < -0.3 is 14.2 Å². The van der Waals surface area contributed by atoms with Crippen molar-refractivity contribution in [3.8, 4) is 0 Å². The van der Waals surface area contributed by atoms with E-state index >= 15 is 0 Å². The minimum Gasteiger partial charge on any atom is -0.462 e. The highest BCUT2D eigenvalue weighted by Crippen LogP contribution is 2.13. The normalized spacial score (nSPS) is 12.9. The molecule has 0 radical (unpaired) electrons. The van der Waals surface area contributed by atoms with Crippen LogP contribution in [0.2, 0.25) is 0 Å². The Balaban J connectivity index is 4.52. The van der Waals surface area contributed by atoms with Crippen LogP contribution in [0.3, 0.4) is 0 Å². The second-order valence-corrected chi connectivity index (χ2v) is 16.7. The van der Waals surface area contributed by atoms with Gasteiger partial charge in [0.2, 0.25) is 0 Å². The van der Waals surface area contributed by atoms with Gasteiger partial charge in [-0.15, -0.1) is 0 Å². The average Bonchev–Trinajstić information content (AvgIpc) is 3.28. The summed E-state index contributed by atoms with van der Waals surface area (Å²) in [6.07, 6.45) is 66.8. The largest absolute Gasteiger partial charge is 0.462 e. The van der Waals surface area contributed by atoms with Crippen molar-refractivity contribution >= 4 is 17.9 Å². The highest BCUT2D eigenvalue weighted by molar-refractivity contribution is 5.71. The maximum absolute atomic E-state index is 12.8. The zero-order chi connectivity index (χ0) is 45.8. The van der Waals surface area contributed by atoms with Gasteiger partial charge in [0, 0.05) is 19.3 Å². The minimum atomic E-state index is -0.815. The average molecular weight is 875 g/mol. The topological polar surface area (TPSA) is 78.9 Å². The quantitative estimate of drug-likeness (QED) is 0.0262. The molecule has 6 heteroatoms. The van der Waals surface area contributed by atoms with E-state index in [1.807, 2.05) is 12.2 Å². The van der Waals surface area contributed by atoms with Crippen LogP contribution in [0.1, 0.15) is 226 Å². The van der Waals surface area contributed by atoms with Crippen LogP contribution in [0.15, 0.2) is 97.2 Å². The predicted octanol–water partition coefficient (Wildman–Crippen LogP) is 17.0. The Bertz CT molecular complexity index is 1280. The summed E-state index contributed by atoms with van der Waals surface area (Å²) in [5.41, 5.74) is 0. The Kier molecular flexibility index (Phi) is 48.0. The van der Waals surface area contributed by atoms with Gasteiger partial charge in [-0.1, -0.05) is 195 Å². The molecule has 0 bridgehead atoms.